The maximum Gasteiger partial charge on any atom is 0.262 e. The Morgan fingerprint density at radius 2 is 1.83 bits per heavy atom. The van der Waals surface area contributed by atoms with Crippen LogP contribution in [0.25, 0.3) is 21.3 Å². The van der Waals surface area contributed by atoms with E-state index in [0.717, 1.165) is 44.8 Å². The Bertz CT molecular complexity index is 1160. The van der Waals surface area contributed by atoms with Gasteiger partial charge in [0.05, 0.1) is 18.3 Å². The first-order chi connectivity index (χ1) is 14.2. The first-order valence-electron chi connectivity index (χ1n) is 9.93. The van der Waals surface area contributed by atoms with E-state index in [2.05, 4.69) is 24.0 Å². The summed E-state index contributed by atoms with van der Waals surface area (Å²) in [4.78, 5) is 19.7. The highest BCUT2D eigenvalue weighted by molar-refractivity contribution is 7.19. The molecule has 4 aromatic rings. The van der Waals surface area contributed by atoms with Gasteiger partial charge in [-0.05, 0) is 49.9 Å². The summed E-state index contributed by atoms with van der Waals surface area (Å²) in [6, 6.07) is 18.3. The Hall–Kier alpha value is -2.92. The normalized spacial score (nSPS) is 11.1. The fourth-order valence-corrected chi connectivity index (χ4v) is 4.63. The second-order valence-corrected chi connectivity index (χ2v) is 8.21. The molecule has 0 atom stereocenters. The molecule has 29 heavy (non-hydrogen) atoms. The van der Waals surface area contributed by atoms with E-state index in [1.807, 2.05) is 49.4 Å². The number of aromatic nitrogens is 2. The molecule has 4 rings (SSSR count). The second-order valence-electron chi connectivity index (χ2n) is 7.00. The monoisotopic (exact) mass is 404 g/mol. The smallest absolute Gasteiger partial charge is 0.262 e. The standard InChI is InChI=1S/C24H24N2O2S/c1-3-28-20-13-11-19(12-14-20)21-17(2)29-23-22(21)24(27)26(16-25-23)15-7-10-18-8-5-4-6-9-18/h4-6,8-9,11-14,16H,3,7,10,15H2,1-2H3. The van der Waals surface area contributed by atoms with Crippen LogP contribution < -0.4 is 10.3 Å². The highest BCUT2D eigenvalue weighted by Gasteiger charge is 2.17. The van der Waals surface area contributed by atoms with Crippen LogP contribution in [0.2, 0.25) is 0 Å². The number of ether oxygens (including phenoxy) is 1. The molecule has 0 bridgehead atoms. The quantitative estimate of drug-likeness (QED) is 0.410. The van der Waals surface area contributed by atoms with Gasteiger partial charge in [-0.2, -0.15) is 0 Å². The average molecular weight is 405 g/mol. The summed E-state index contributed by atoms with van der Waals surface area (Å²) in [6.45, 7) is 5.32. The first-order valence-corrected chi connectivity index (χ1v) is 10.7. The van der Waals surface area contributed by atoms with Crippen LogP contribution in [0.15, 0.2) is 65.7 Å². The average Bonchev–Trinajstić information content (AvgIpc) is 3.08. The van der Waals surface area contributed by atoms with Crippen LogP contribution in [0.5, 0.6) is 5.75 Å². The van der Waals surface area contributed by atoms with Gasteiger partial charge in [-0.3, -0.25) is 9.36 Å². The van der Waals surface area contributed by atoms with Crippen molar-refractivity contribution >= 4 is 21.6 Å². The van der Waals surface area contributed by atoms with Gasteiger partial charge in [0.15, 0.2) is 0 Å². The van der Waals surface area contributed by atoms with Gasteiger partial charge in [0.2, 0.25) is 0 Å². The summed E-state index contributed by atoms with van der Waals surface area (Å²) in [5.74, 6) is 0.838. The molecule has 148 valence electrons. The Balaban J connectivity index is 1.64. The number of nitrogens with zero attached hydrogens (tertiary/aromatic N) is 2. The highest BCUT2D eigenvalue weighted by Crippen LogP contribution is 2.36. The Labute approximate surface area is 174 Å². The molecule has 0 saturated carbocycles. The van der Waals surface area contributed by atoms with E-state index in [9.17, 15) is 4.79 Å². The second kappa shape index (κ2) is 8.62. The van der Waals surface area contributed by atoms with E-state index >= 15 is 0 Å². The fourth-order valence-electron chi connectivity index (χ4n) is 3.63. The molecule has 0 radical (unpaired) electrons. The van der Waals surface area contributed by atoms with Crippen LogP contribution in [-0.4, -0.2) is 16.2 Å². The Kier molecular flexibility index (Phi) is 5.76. The molecule has 0 aliphatic heterocycles. The van der Waals surface area contributed by atoms with E-state index in [1.165, 1.54) is 5.56 Å². The maximum absolute atomic E-state index is 13.3. The predicted octanol–water partition coefficient (Wildman–Crippen LogP) is 5.46. The van der Waals surface area contributed by atoms with E-state index in [0.29, 0.717) is 13.2 Å². The summed E-state index contributed by atoms with van der Waals surface area (Å²) in [5.41, 5.74) is 3.34. The summed E-state index contributed by atoms with van der Waals surface area (Å²) in [6.07, 6.45) is 3.53. The minimum absolute atomic E-state index is 0.0382. The number of fused-ring (bicyclic) bond motifs is 1. The third-order valence-corrected chi connectivity index (χ3v) is 6.03. The minimum Gasteiger partial charge on any atom is -0.494 e. The molecule has 0 N–H and O–H groups in total. The fraction of sp³-hybridized carbons (Fsp3) is 0.250. The number of benzene rings is 2. The zero-order chi connectivity index (χ0) is 20.2. The molecule has 0 unspecified atom stereocenters. The van der Waals surface area contributed by atoms with Crippen LogP contribution >= 0.6 is 11.3 Å². The number of hydrogen-bond donors (Lipinski definition) is 0. The molecule has 2 aromatic heterocycles. The molecule has 0 saturated heterocycles. The summed E-state index contributed by atoms with van der Waals surface area (Å²) in [7, 11) is 0. The van der Waals surface area contributed by atoms with Crippen LogP contribution in [0.4, 0.5) is 0 Å². The van der Waals surface area contributed by atoms with Crippen molar-refractivity contribution in [3.05, 3.63) is 81.7 Å². The first kappa shape index (κ1) is 19.4. The van der Waals surface area contributed by atoms with Crippen molar-refractivity contribution in [2.75, 3.05) is 6.61 Å². The van der Waals surface area contributed by atoms with E-state index in [4.69, 9.17) is 4.74 Å². The summed E-state index contributed by atoms with van der Waals surface area (Å²) < 4.78 is 7.29. The lowest BCUT2D eigenvalue weighted by Gasteiger charge is -2.08. The van der Waals surface area contributed by atoms with Crippen molar-refractivity contribution in [1.29, 1.82) is 0 Å². The van der Waals surface area contributed by atoms with Gasteiger partial charge < -0.3 is 4.74 Å². The maximum atomic E-state index is 13.3. The number of aryl methyl sites for hydroxylation is 3. The molecule has 5 heteroatoms. The van der Waals surface area contributed by atoms with Gasteiger partial charge in [-0.15, -0.1) is 11.3 Å². The number of hydrogen-bond acceptors (Lipinski definition) is 4. The molecule has 0 aliphatic carbocycles. The van der Waals surface area contributed by atoms with Crippen LogP contribution in [0.3, 0.4) is 0 Å². The lowest BCUT2D eigenvalue weighted by Crippen LogP contribution is -2.20. The van der Waals surface area contributed by atoms with Crippen LogP contribution in [0, 0.1) is 6.92 Å². The molecule has 0 aliphatic rings. The van der Waals surface area contributed by atoms with Gasteiger partial charge >= 0.3 is 0 Å². The molecule has 4 nitrogen and oxygen atoms in total. The molecular weight excluding hydrogens is 380 g/mol. The van der Waals surface area contributed by atoms with Gasteiger partial charge in [0, 0.05) is 17.0 Å². The molecule has 0 amide bonds. The Morgan fingerprint density at radius 1 is 1.07 bits per heavy atom. The number of rotatable bonds is 7. The summed E-state index contributed by atoms with van der Waals surface area (Å²) >= 11 is 1.58. The molecule has 2 heterocycles. The largest absolute Gasteiger partial charge is 0.494 e. The van der Waals surface area contributed by atoms with Gasteiger partial charge in [-0.25, -0.2) is 4.98 Å². The van der Waals surface area contributed by atoms with E-state index in [-0.39, 0.29) is 5.56 Å². The molecule has 0 spiro atoms. The van der Waals surface area contributed by atoms with Gasteiger partial charge in [0.1, 0.15) is 10.6 Å². The minimum atomic E-state index is 0.0382. The predicted molar refractivity (Wildman–Crippen MR) is 120 cm³/mol. The molecule has 2 aromatic carbocycles. The third-order valence-electron chi connectivity index (χ3n) is 5.02. The molecular formula is C24H24N2O2S. The third kappa shape index (κ3) is 4.10. The zero-order valence-corrected chi connectivity index (χ0v) is 17.5. The van der Waals surface area contributed by atoms with Gasteiger partial charge in [-0.1, -0.05) is 42.5 Å². The van der Waals surface area contributed by atoms with Crippen LogP contribution in [-0.2, 0) is 13.0 Å². The van der Waals surface area contributed by atoms with Crippen molar-refractivity contribution in [1.82, 2.24) is 9.55 Å². The topological polar surface area (TPSA) is 44.1 Å². The highest BCUT2D eigenvalue weighted by atomic mass is 32.1. The van der Waals surface area contributed by atoms with E-state index in [1.54, 1.807) is 22.2 Å². The van der Waals surface area contributed by atoms with Crippen molar-refractivity contribution in [2.45, 2.75) is 33.2 Å². The van der Waals surface area contributed by atoms with Crippen molar-refractivity contribution < 1.29 is 4.74 Å². The van der Waals surface area contributed by atoms with Crippen LogP contribution in [0.1, 0.15) is 23.8 Å². The molecule has 0 fully saturated rings. The Morgan fingerprint density at radius 3 is 2.55 bits per heavy atom. The van der Waals surface area contributed by atoms with Crippen molar-refractivity contribution in [3.8, 4) is 16.9 Å². The lowest BCUT2D eigenvalue weighted by molar-refractivity contribution is 0.340. The lowest BCUT2D eigenvalue weighted by atomic mass is 10.0. The van der Waals surface area contributed by atoms with Crippen molar-refractivity contribution in [2.24, 2.45) is 0 Å². The van der Waals surface area contributed by atoms with Crippen molar-refractivity contribution in [3.63, 3.8) is 0 Å². The number of thiophene rings is 1. The SMILES string of the molecule is CCOc1ccc(-c2c(C)sc3ncn(CCCc4ccccc4)c(=O)c23)cc1. The van der Waals surface area contributed by atoms with Gasteiger partial charge in [0.25, 0.3) is 5.56 Å². The summed E-state index contributed by atoms with van der Waals surface area (Å²) in [5, 5.41) is 0.721. The zero-order valence-electron chi connectivity index (χ0n) is 16.7. The van der Waals surface area contributed by atoms with E-state index < -0.39 is 0 Å².